The van der Waals surface area contributed by atoms with Crippen LogP contribution in [0.4, 0.5) is 15.5 Å². The van der Waals surface area contributed by atoms with Crippen LogP contribution in [0, 0.1) is 0 Å². The van der Waals surface area contributed by atoms with Crippen LogP contribution in [-0.4, -0.2) is 211 Å². The summed E-state index contributed by atoms with van der Waals surface area (Å²) >= 11 is 3.15. The number of carbonyl (C=O) groups is 1. The van der Waals surface area contributed by atoms with Gasteiger partial charge in [0.05, 0.1) is 59.0 Å². The van der Waals surface area contributed by atoms with Gasteiger partial charge in [-0.3, -0.25) is 24.4 Å². The number of halogens is 6. The Morgan fingerprint density at radius 1 is 0.552 bits per heavy atom. The van der Waals surface area contributed by atoms with Crippen LogP contribution in [0.2, 0.25) is 0 Å². The van der Waals surface area contributed by atoms with Crippen molar-refractivity contribution >= 4 is 77.0 Å². The first kappa shape index (κ1) is 66.2. The summed E-state index contributed by atoms with van der Waals surface area (Å²) in [7, 11) is -22.5. The molecule has 0 aromatic carbocycles. The van der Waals surface area contributed by atoms with Crippen molar-refractivity contribution in [3.63, 3.8) is 0 Å². The number of hydrogen-bond donors (Lipinski definition) is 0. The first-order valence-corrected chi connectivity index (χ1v) is 24.3. The number of likely N-dealkylation sites (N-methyl/N-ethyl adjacent to an activating group) is 2. The Kier molecular flexibility index (Phi) is 36.9. The number of fused-ring (bicyclic) bond motifs is 9. The summed E-state index contributed by atoms with van der Waals surface area (Å²) in [5.74, 6) is -0.211. The largest absolute Gasteiger partial charge is 1.00 e. The second-order valence-corrected chi connectivity index (χ2v) is 18.6. The van der Waals surface area contributed by atoms with E-state index >= 15 is 0 Å². The molecule has 9 fully saturated rings. The van der Waals surface area contributed by atoms with E-state index in [-0.39, 0.29) is 87.8 Å². The van der Waals surface area contributed by atoms with Gasteiger partial charge in [0.25, 0.3) is 0 Å². The number of alkyl halides is 1. The number of carbonyl (C=O) groups excluding carboxylic acids is 1. The Hall–Kier alpha value is 1.62. The molecule has 58 heavy (non-hydrogen) atoms. The van der Waals surface area contributed by atoms with Crippen LogP contribution in [0.1, 0.15) is 34.6 Å². The number of piperazine rings is 9. The Labute approximate surface area is 413 Å². The van der Waals surface area contributed by atoms with Crippen LogP contribution in [-0.2, 0) is 51.2 Å². The van der Waals surface area contributed by atoms with Gasteiger partial charge in [0, 0.05) is 90.8 Å². The van der Waals surface area contributed by atoms with Gasteiger partial charge in [-0.1, -0.05) is 22.9 Å². The fourth-order valence-corrected chi connectivity index (χ4v) is 8.05. The molecular formula is C28H61Br2F4KN8O10S5. The van der Waals surface area contributed by atoms with Crippen molar-refractivity contribution in [2.24, 2.45) is 0 Å². The topological polar surface area (TPSA) is 204 Å². The predicted molar refractivity (Wildman–Crippen MR) is 216 cm³/mol. The first-order valence-electron chi connectivity index (χ1n) is 17.8. The van der Waals surface area contributed by atoms with Gasteiger partial charge in [0.1, 0.15) is 0 Å². The fraction of sp³-hybridized carbons (Fsp3) is 0.964. The molecule has 30 heteroatoms. The molecule has 0 unspecified atom stereocenters. The molecule has 0 spiro atoms. The number of nitrogens with zero attached hydrogens (tertiary/aromatic N) is 8. The van der Waals surface area contributed by atoms with Crippen LogP contribution < -0.4 is 68.4 Å². The second-order valence-electron chi connectivity index (χ2n) is 13.0. The maximum Gasteiger partial charge on any atom is 1.00 e. The Morgan fingerprint density at radius 3 is 0.810 bits per heavy atom. The van der Waals surface area contributed by atoms with Crippen LogP contribution >= 0.6 is 29.4 Å². The Morgan fingerprint density at radius 2 is 0.741 bits per heavy atom. The van der Waals surface area contributed by atoms with Crippen LogP contribution in [0.3, 0.4) is 0 Å². The molecule has 9 aliphatic heterocycles. The molecule has 0 N–H and O–H groups in total. The maximum atomic E-state index is 11.1. The van der Waals surface area contributed by atoms with Crippen molar-refractivity contribution < 1.29 is 136 Å². The molecule has 0 aromatic rings. The molecule has 0 amide bonds. The number of rotatable bonds is 7. The van der Waals surface area contributed by atoms with Crippen molar-refractivity contribution in [2.75, 3.05) is 143 Å². The normalized spacial score (nSPS) is 27.3. The van der Waals surface area contributed by atoms with E-state index in [1.807, 2.05) is 6.92 Å². The molecule has 9 heterocycles. The smallest absolute Gasteiger partial charge is 1.00 e. The third-order valence-electron chi connectivity index (χ3n) is 9.59. The van der Waals surface area contributed by atoms with Gasteiger partial charge in [0.15, 0.2) is 0 Å². The second kappa shape index (κ2) is 32.3. The number of ether oxygens (including phenoxy) is 1. The van der Waals surface area contributed by atoms with E-state index < -0.39 is 41.6 Å². The zero-order chi connectivity index (χ0) is 42.6. The van der Waals surface area contributed by atoms with Gasteiger partial charge in [-0.2, -0.15) is 13.5 Å². The zero-order valence-corrected chi connectivity index (χ0v) is 44.7. The van der Waals surface area contributed by atoms with Crippen molar-refractivity contribution in [1.29, 1.82) is 0 Å². The fourth-order valence-electron chi connectivity index (χ4n) is 6.35. The molecule has 0 aliphatic carbocycles. The standard InChI is InChI=1S/2C8H17N2.C6H12N2.C4H8O2.C2H5Br.BrH.2F2NO4S2.K.H2S/c2*1-2-10-6-3-9(4-7-10)5-8-10;1-2-8-5-3-7(1)4-6-8;1-3-6-4(2)5;1-2-3;;2*1-8(4,5)3-9(2,6)7;;/h2*2-8H2,1H3;1-6H2;3H2,1-2H3;2H2,1H3;1H;;;;1H2/q2*+1;;;;;2*-1;+1;/p-1. The summed E-state index contributed by atoms with van der Waals surface area (Å²) in [6.07, 6.45) is 0. The van der Waals surface area contributed by atoms with E-state index in [4.69, 9.17) is 0 Å². The molecule has 0 radical (unpaired) electrons. The minimum atomic E-state index is -5.62. The monoisotopic (exact) mass is 1100 g/mol. The summed E-state index contributed by atoms with van der Waals surface area (Å²) in [6.45, 7) is 37.6. The maximum absolute atomic E-state index is 11.1. The van der Waals surface area contributed by atoms with E-state index in [0.29, 0.717) is 6.61 Å². The summed E-state index contributed by atoms with van der Waals surface area (Å²) < 4.78 is 127. The molecule has 6 bridgehead atoms. The van der Waals surface area contributed by atoms with E-state index in [0.717, 1.165) is 13.6 Å². The van der Waals surface area contributed by atoms with E-state index in [9.17, 15) is 54.0 Å². The average Bonchev–Trinajstić information content (AvgIpc) is 3.09. The number of quaternary nitrogens is 2. The zero-order valence-electron chi connectivity index (χ0n) is 34.1. The molecule has 0 saturated carbocycles. The van der Waals surface area contributed by atoms with E-state index in [2.05, 4.69) is 54.1 Å². The van der Waals surface area contributed by atoms with E-state index in [1.165, 1.54) is 147 Å². The molecule has 9 saturated heterocycles. The minimum Gasteiger partial charge on any atom is -1.00 e. The summed E-state index contributed by atoms with van der Waals surface area (Å²) in [4.78, 5) is 20.1. The van der Waals surface area contributed by atoms with Gasteiger partial charge in [0.2, 0.25) is 41.6 Å². The van der Waals surface area contributed by atoms with Crippen molar-refractivity contribution in [3.8, 4) is 0 Å². The van der Waals surface area contributed by atoms with Crippen molar-refractivity contribution in [1.82, 2.24) is 19.6 Å². The van der Waals surface area contributed by atoms with Gasteiger partial charge in [-0.15, -0.1) is 15.5 Å². The minimum absolute atomic E-state index is 0. The number of hydrogen-bond acceptors (Lipinski definition) is 14. The third-order valence-corrected chi connectivity index (χ3v) is 12.4. The van der Waals surface area contributed by atoms with Gasteiger partial charge in [-0.05, 0) is 20.8 Å². The molecule has 346 valence electrons. The van der Waals surface area contributed by atoms with Crippen molar-refractivity contribution in [2.45, 2.75) is 34.6 Å². The van der Waals surface area contributed by atoms with Gasteiger partial charge >= 0.3 is 57.4 Å². The van der Waals surface area contributed by atoms with Crippen LogP contribution in [0.25, 0.3) is 8.25 Å². The Balaban J connectivity index is -0.000000296. The SMILES string of the molecule is C1CN2CCN1CC2.CCBr.CCOC(C)=O.CC[N+]12CCN(CC1)CC2.CC[N+]12CCN(CC1)CC2.O=S(=O)(F)[N-]S(=O)(=O)F.O=S(=O)(F)[N-]S(=O)(=O)F.S.[Br-].[K+]. The summed E-state index contributed by atoms with van der Waals surface area (Å²) in [6, 6.07) is 0. The van der Waals surface area contributed by atoms with E-state index in [1.54, 1.807) is 6.92 Å². The van der Waals surface area contributed by atoms with Gasteiger partial charge in [-0.25, -0.2) is 33.7 Å². The number of esters is 1. The van der Waals surface area contributed by atoms with Crippen molar-refractivity contribution in [3.05, 3.63) is 8.25 Å². The van der Waals surface area contributed by atoms with Crippen LogP contribution in [0.15, 0.2) is 0 Å². The first-order chi connectivity index (χ1) is 25.2. The predicted octanol–water partition coefficient (Wildman–Crippen LogP) is -4.41. The molecule has 9 aliphatic rings. The van der Waals surface area contributed by atoms with Gasteiger partial charge < -0.3 is 38.9 Å². The third kappa shape index (κ3) is 34.1. The quantitative estimate of drug-likeness (QED) is 0.0591. The molecule has 0 atom stereocenters. The molecule has 0 aromatic heterocycles. The molecule has 9 rings (SSSR count). The van der Waals surface area contributed by atoms with Crippen LogP contribution in [0.5, 0.6) is 0 Å². The molecule has 18 nitrogen and oxygen atoms in total. The average molecular weight is 1110 g/mol. The summed E-state index contributed by atoms with van der Waals surface area (Å²) in [5, 5.41) is 1.06. The summed E-state index contributed by atoms with van der Waals surface area (Å²) in [5.41, 5.74) is 0. The Bertz CT molecular complexity index is 1360. The molecular weight excluding hydrogens is 1040 g/mol.